The molecule has 0 bridgehead atoms. The first-order valence-electron chi connectivity index (χ1n) is 9.62. The van der Waals surface area contributed by atoms with Crippen molar-refractivity contribution in [2.24, 2.45) is 4.99 Å². The Kier molecular flexibility index (Phi) is 6.85. The lowest BCUT2D eigenvalue weighted by Crippen LogP contribution is -2.39. The monoisotopic (exact) mass is 596 g/mol. The number of nitrogens with zero attached hydrogens (tertiary/aromatic N) is 2. The quantitative estimate of drug-likeness (QED) is 0.409. The molecular weight excluding hydrogens is 580 g/mol. The van der Waals surface area contributed by atoms with Gasteiger partial charge in [-0.2, -0.15) is 0 Å². The van der Waals surface area contributed by atoms with Crippen molar-refractivity contribution in [3.8, 4) is 5.75 Å². The molecule has 1 aliphatic heterocycles. The van der Waals surface area contributed by atoms with Gasteiger partial charge in [0.05, 0.1) is 43.8 Å². The lowest BCUT2D eigenvalue weighted by molar-refractivity contribution is -0.139. The summed E-state index contributed by atoms with van der Waals surface area (Å²) in [5.41, 5.74) is 1.43. The van der Waals surface area contributed by atoms with Gasteiger partial charge in [0, 0.05) is 4.88 Å². The largest absolute Gasteiger partial charge is 0.496 e. The molecule has 0 fully saturated rings. The maximum Gasteiger partial charge on any atom is 0.338 e. The van der Waals surface area contributed by atoms with E-state index in [1.54, 1.807) is 31.6 Å². The Balaban J connectivity index is 1.97. The Labute approximate surface area is 208 Å². The fourth-order valence-corrected chi connectivity index (χ4v) is 6.53. The van der Waals surface area contributed by atoms with Crippen LogP contribution in [0.15, 0.2) is 59.6 Å². The van der Waals surface area contributed by atoms with E-state index in [1.807, 2.05) is 30.3 Å². The van der Waals surface area contributed by atoms with Crippen LogP contribution in [-0.4, -0.2) is 24.3 Å². The summed E-state index contributed by atoms with van der Waals surface area (Å²) >= 11 is 9.81. The number of carbonyl (C=O) groups is 1. The summed E-state index contributed by atoms with van der Waals surface area (Å²) in [5.74, 6) is 0.171. The number of thiazole rings is 1. The van der Waals surface area contributed by atoms with Crippen molar-refractivity contribution in [1.29, 1.82) is 0 Å². The standard InChI is InChI=1S/C22H18Br2N2O4S2/c1-4-30-21(28)18-11(2)25-22-26(19(18)12-5-7-15(29-3)14(23)9-12)20(27)16(32-22)10-13-6-8-17(24)31-13/h5-10,19H,4H2,1-3H3/b16-10+/t19-/m1/s1. The lowest BCUT2D eigenvalue weighted by atomic mass is 9.96. The number of allylic oxidation sites excluding steroid dienone is 1. The molecule has 4 rings (SSSR count). The molecule has 0 saturated heterocycles. The van der Waals surface area contributed by atoms with Crippen molar-refractivity contribution >= 4 is 66.6 Å². The van der Waals surface area contributed by atoms with E-state index in [0.717, 1.165) is 18.7 Å². The van der Waals surface area contributed by atoms with Gasteiger partial charge >= 0.3 is 5.97 Å². The molecule has 0 aliphatic carbocycles. The highest BCUT2D eigenvalue weighted by Crippen LogP contribution is 2.35. The molecule has 0 saturated carbocycles. The van der Waals surface area contributed by atoms with E-state index in [-0.39, 0.29) is 12.2 Å². The van der Waals surface area contributed by atoms with Gasteiger partial charge in [-0.05, 0) is 81.6 Å². The van der Waals surface area contributed by atoms with Crippen LogP contribution in [0, 0.1) is 0 Å². The molecule has 0 N–H and O–H groups in total. The van der Waals surface area contributed by atoms with Crippen LogP contribution in [0.1, 0.15) is 30.3 Å². The Morgan fingerprint density at radius 3 is 2.66 bits per heavy atom. The third-order valence-electron chi connectivity index (χ3n) is 4.88. The number of halogens is 2. The number of rotatable bonds is 5. The molecule has 3 aromatic rings. The second kappa shape index (κ2) is 9.46. The number of aromatic nitrogens is 1. The number of esters is 1. The van der Waals surface area contributed by atoms with Crippen LogP contribution in [0.5, 0.6) is 5.75 Å². The topological polar surface area (TPSA) is 69.9 Å². The van der Waals surface area contributed by atoms with Gasteiger partial charge in [0.1, 0.15) is 5.75 Å². The molecule has 2 aromatic heterocycles. The number of hydrogen-bond acceptors (Lipinski definition) is 7. The summed E-state index contributed by atoms with van der Waals surface area (Å²) in [6, 6.07) is 8.73. The van der Waals surface area contributed by atoms with Crippen LogP contribution in [-0.2, 0) is 9.53 Å². The third-order valence-corrected chi connectivity index (χ3v) is 8.05. The normalized spacial score (nSPS) is 16.0. The van der Waals surface area contributed by atoms with Crippen molar-refractivity contribution in [3.63, 3.8) is 0 Å². The zero-order chi connectivity index (χ0) is 23.0. The highest BCUT2D eigenvalue weighted by atomic mass is 79.9. The summed E-state index contributed by atoms with van der Waals surface area (Å²) in [7, 11) is 1.58. The summed E-state index contributed by atoms with van der Waals surface area (Å²) in [4.78, 5) is 32.5. The second-order valence-electron chi connectivity index (χ2n) is 6.84. The minimum absolute atomic E-state index is 0.204. The van der Waals surface area contributed by atoms with Crippen molar-refractivity contribution in [2.75, 3.05) is 13.7 Å². The summed E-state index contributed by atoms with van der Waals surface area (Å²) in [5, 5.41) is 0. The van der Waals surface area contributed by atoms with Gasteiger partial charge in [-0.1, -0.05) is 17.4 Å². The second-order valence-corrected chi connectivity index (χ2v) is 11.2. The van der Waals surface area contributed by atoms with Crippen LogP contribution >= 0.6 is 54.5 Å². The zero-order valence-electron chi connectivity index (χ0n) is 17.3. The first-order valence-corrected chi connectivity index (χ1v) is 12.8. The lowest BCUT2D eigenvalue weighted by Gasteiger charge is -2.25. The Morgan fingerprint density at radius 1 is 1.25 bits per heavy atom. The zero-order valence-corrected chi connectivity index (χ0v) is 22.2. The van der Waals surface area contributed by atoms with E-state index < -0.39 is 12.0 Å². The molecule has 1 atom stereocenters. The molecule has 166 valence electrons. The minimum atomic E-state index is -0.662. The molecule has 0 amide bonds. The number of ether oxygens (including phenoxy) is 2. The summed E-state index contributed by atoms with van der Waals surface area (Å²) in [6.07, 6.45) is 1.85. The number of hydrogen-bond donors (Lipinski definition) is 0. The maximum absolute atomic E-state index is 13.5. The number of carbonyl (C=O) groups excluding carboxylic acids is 1. The first kappa shape index (κ1) is 23.2. The number of methoxy groups -OCH3 is 1. The van der Waals surface area contributed by atoms with Gasteiger partial charge in [0.2, 0.25) is 0 Å². The van der Waals surface area contributed by atoms with E-state index >= 15 is 0 Å². The van der Waals surface area contributed by atoms with Gasteiger partial charge in [0.15, 0.2) is 4.80 Å². The van der Waals surface area contributed by atoms with Crippen molar-refractivity contribution in [2.45, 2.75) is 19.9 Å². The highest BCUT2D eigenvalue weighted by Gasteiger charge is 2.33. The van der Waals surface area contributed by atoms with Gasteiger partial charge in [0.25, 0.3) is 5.56 Å². The third kappa shape index (κ3) is 4.28. The average Bonchev–Trinajstić information content (AvgIpc) is 3.29. The molecule has 3 heterocycles. The van der Waals surface area contributed by atoms with Crippen molar-refractivity contribution in [3.05, 3.63) is 80.0 Å². The Hall–Kier alpha value is -2.01. The van der Waals surface area contributed by atoms with Gasteiger partial charge in [-0.15, -0.1) is 11.3 Å². The van der Waals surface area contributed by atoms with Crippen LogP contribution < -0.4 is 19.6 Å². The molecule has 10 heteroatoms. The molecule has 0 spiro atoms. The SMILES string of the molecule is CCOC(=O)C1=C(C)N=c2s/c(=C/c3ccc(Br)s3)c(=O)n2[C@@H]1c1ccc(OC)c(Br)c1. The Morgan fingerprint density at radius 2 is 2.03 bits per heavy atom. The molecule has 0 unspecified atom stereocenters. The van der Waals surface area contributed by atoms with E-state index in [2.05, 4.69) is 36.9 Å². The summed E-state index contributed by atoms with van der Waals surface area (Å²) in [6.45, 7) is 3.75. The molecular formula is C22H18Br2N2O4S2. The van der Waals surface area contributed by atoms with Crippen LogP contribution in [0.3, 0.4) is 0 Å². The van der Waals surface area contributed by atoms with E-state index in [4.69, 9.17) is 9.47 Å². The highest BCUT2D eigenvalue weighted by molar-refractivity contribution is 9.11. The smallest absolute Gasteiger partial charge is 0.338 e. The molecule has 1 aliphatic rings. The van der Waals surface area contributed by atoms with Crippen LogP contribution in [0.25, 0.3) is 6.08 Å². The predicted octanol–water partition coefficient (Wildman–Crippen LogP) is 4.39. The van der Waals surface area contributed by atoms with Crippen LogP contribution in [0.2, 0.25) is 0 Å². The van der Waals surface area contributed by atoms with Crippen LogP contribution in [0.4, 0.5) is 0 Å². The molecule has 1 aromatic carbocycles. The van der Waals surface area contributed by atoms with E-state index in [0.29, 0.717) is 26.4 Å². The first-order chi connectivity index (χ1) is 15.3. The summed E-state index contributed by atoms with van der Waals surface area (Å²) < 4.78 is 14.5. The fourth-order valence-electron chi connectivity index (χ4n) is 3.49. The van der Waals surface area contributed by atoms with E-state index in [1.165, 1.54) is 22.7 Å². The van der Waals surface area contributed by atoms with E-state index in [9.17, 15) is 9.59 Å². The number of fused-ring (bicyclic) bond motifs is 1. The average molecular weight is 598 g/mol. The predicted molar refractivity (Wildman–Crippen MR) is 133 cm³/mol. The van der Waals surface area contributed by atoms with Gasteiger partial charge in [-0.3, -0.25) is 9.36 Å². The van der Waals surface area contributed by atoms with Gasteiger partial charge < -0.3 is 9.47 Å². The fraction of sp³-hybridized carbons (Fsp3) is 0.227. The molecule has 0 radical (unpaired) electrons. The Bertz CT molecular complexity index is 1420. The molecule has 6 nitrogen and oxygen atoms in total. The van der Waals surface area contributed by atoms with Gasteiger partial charge in [-0.25, -0.2) is 9.79 Å². The number of thiophene rings is 1. The van der Waals surface area contributed by atoms with Crippen molar-refractivity contribution in [1.82, 2.24) is 4.57 Å². The maximum atomic E-state index is 13.5. The number of benzene rings is 1. The molecule has 32 heavy (non-hydrogen) atoms. The minimum Gasteiger partial charge on any atom is -0.496 e. The van der Waals surface area contributed by atoms with Crippen molar-refractivity contribution < 1.29 is 14.3 Å².